The van der Waals surface area contributed by atoms with Gasteiger partial charge in [0.25, 0.3) is 5.91 Å². The number of aliphatic hydroxyl groups is 1. The number of nitrogens with one attached hydrogen (secondary N) is 1. The van der Waals surface area contributed by atoms with Crippen molar-refractivity contribution >= 4 is 44.6 Å². The van der Waals surface area contributed by atoms with Gasteiger partial charge < -0.3 is 10.4 Å². The number of hydrogen-bond donors (Lipinski definition) is 2. The van der Waals surface area contributed by atoms with E-state index in [1.165, 1.54) is 11.3 Å². The Morgan fingerprint density at radius 2 is 1.86 bits per heavy atom. The van der Waals surface area contributed by atoms with Gasteiger partial charge in [0.1, 0.15) is 4.88 Å². The molecule has 2 aromatic carbocycles. The number of hydrogen-bond acceptors (Lipinski definition) is 3. The Bertz CT molecular complexity index is 796. The highest BCUT2D eigenvalue weighted by Gasteiger charge is 2.16. The molecule has 0 radical (unpaired) electrons. The topological polar surface area (TPSA) is 49.3 Å². The molecule has 1 amide bonds. The summed E-state index contributed by atoms with van der Waals surface area (Å²) in [7, 11) is 0. The van der Waals surface area contributed by atoms with E-state index in [2.05, 4.69) is 5.32 Å². The molecule has 106 valence electrons. The number of aliphatic hydroxyl groups excluding tert-OH is 1. The largest absolute Gasteiger partial charge is 0.392 e. The Hall–Kier alpha value is -1.88. The van der Waals surface area contributed by atoms with E-state index in [-0.39, 0.29) is 12.5 Å². The minimum absolute atomic E-state index is 0.0175. The lowest BCUT2D eigenvalue weighted by Gasteiger charge is -2.04. The summed E-state index contributed by atoms with van der Waals surface area (Å²) < 4.78 is 0.989. The molecule has 0 unspecified atom stereocenters. The van der Waals surface area contributed by atoms with E-state index in [4.69, 9.17) is 16.7 Å². The third kappa shape index (κ3) is 2.78. The van der Waals surface area contributed by atoms with Gasteiger partial charge in [0.2, 0.25) is 0 Å². The van der Waals surface area contributed by atoms with Crippen molar-refractivity contribution < 1.29 is 9.90 Å². The molecule has 0 bridgehead atoms. The number of benzene rings is 2. The van der Waals surface area contributed by atoms with Gasteiger partial charge in [0.05, 0.1) is 11.6 Å². The van der Waals surface area contributed by atoms with Crippen LogP contribution in [0.4, 0.5) is 5.69 Å². The zero-order valence-electron chi connectivity index (χ0n) is 11.0. The molecule has 2 N–H and O–H groups in total. The number of halogens is 1. The van der Waals surface area contributed by atoms with Gasteiger partial charge in [-0.05, 0) is 23.8 Å². The van der Waals surface area contributed by atoms with E-state index >= 15 is 0 Å². The molecular formula is C16H12ClNO2S. The van der Waals surface area contributed by atoms with Crippen LogP contribution < -0.4 is 5.32 Å². The molecule has 0 atom stereocenters. The molecule has 5 heteroatoms. The molecule has 0 spiro atoms. The van der Waals surface area contributed by atoms with Gasteiger partial charge in [-0.2, -0.15) is 0 Å². The molecule has 0 aliphatic heterocycles. The van der Waals surface area contributed by atoms with E-state index in [1.54, 1.807) is 24.3 Å². The van der Waals surface area contributed by atoms with E-state index < -0.39 is 0 Å². The van der Waals surface area contributed by atoms with Crippen LogP contribution in [0, 0.1) is 0 Å². The van der Waals surface area contributed by atoms with E-state index in [0.717, 1.165) is 15.6 Å². The first-order chi connectivity index (χ1) is 10.2. The SMILES string of the molecule is O=C(Nc1ccc(CO)cc1)c1sc2ccccc2c1Cl. The summed E-state index contributed by atoms with van der Waals surface area (Å²) in [6, 6.07) is 14.7. The van der Waals surface area contributed by atoms with Gasteiger partial charge in [0, 0.05) is 15.8 Å². The first-order valence-corrected chi connectivity index (χ1v) is 7.56. The number of amides is 1. The van der Waals surface area contributed by atoms with Crippen molar-refractivity contribution in [1.82, 2.24) is 0 Å². The van der Waals surface area contributed by atoms with Crippen LogP contribution >= 0.6 is 22.9 Å². The number of anilines is 1. The highest BCUT2D eigenvalue weighted by Crippen LogP contribution is 2.35. The van der Waals surface area contributed by atoms with Crippen molar-refractivity contribution in [3.8, 4) is 0 Å². The van der Waals surface area contributed by atoms with Crippen LogP contribution in [-0.2, 0) is 6.61 Å². The molecule has 3 nitrogen and oxygen atoms in total. The Labute approximate surface area is 130 Å². The lowest BCUT2D eigenvalue weighted by Crippen LogP contribution is -2.10. The van der Waals surface area contributed by atoms with Crippen LogP contribution in [-0.4, -0.2) is 11.0 Å². The van der Waals surface area contributed by atoms with Crippen molar-refractivity contribution in [3.05, 3.63) is 64.0 Å². The zero-order chi connectivity index (χ0) is 14.8. The minimum Gasteiger partial charge on any atom is -0.392 e. The maximum atomic E-state index is 12.3. The molecule has 1 heterocycles. The van der Waals surface area contributed by atoms with Gasteiger partial charge >= 0.3 is 0 Å². The second-order valence-corrected chi connectivity index (χ2v) is 5.98. The van der Waals surface area contributed by atoms with Gasteiger partial charge in [-0.3, -0.25) is 4.79 Å². The Balaban J connectivity index is 1.87. The van der Waals surface area contributed by atoms with Gasteiger partial charge in [0.15, 0.2) is 0 Å². The Morgan fingerprint density at radius 1 is 1.14 bits per heavy atom. The fraction of sp³-hybridized carbons (Fsp3) is 0.0625. The normalized spacial score (nSPS) is 10.8. The summed E-state index contributed by atoms with van der Waals surface area (Å²) in [4.78, 5) is 12.8. The predicted octanol–water partition coefficient (Wildman–Crippen LogP) is 4.30. The van der Waals surface area contributed by atoms with E-state index in [0.29, 0.717) is 15.6 Å². The first kappa shape index (κ1) is 14.1. The smallest absolute Gasteiger partial charge is 0.267 e. The second kappa shape index (κ2) is 5.85. The molecule has 0 aliphatic rings. The summed E-state index contributed by atoms with van der Waals surface area (Å²) in [5.41, 5.74) is 1.47. The molecule has 0 saturated carbocycles. The van der Waals surface area contributed by atoms with Crippen molar-refractivity contribution in [2.75, 3.05) is 5.32 Å². The molecule has 0 aliphatic carbocycles. The van der Waals surface area contributed by atoms with Crippen molar-refractivity contribution in [1.29, 1.82) is 0 Å². The fourth-order valence-electron chi connectivity index (χ4n) is 2.04. The van der Waals surface area contributed by atoms with Crippen molar-refractivity contribution in [3.63, 3.8) is 0 Å². The van der Waals surface area contributed by atoms with Gasteiger partial charge in [-0.15, -0.1) is 11.3 Å². The zero-order valence-corrected chi connectivity index (χ0v) is 12.5. The van der Waals surface area contributed by atoms with Crippen LogP contribution in [0.15, 0.2) is 48.5 Å². The molecule has 3 aromatic rings. The van der Waals surface area contributed by atoms with Crippen LogP contribution in [0.1, 0.15) is 15.2 Å². The quantitative estimate of drug-likeness (QED) is 0.756. The molecule has 0 saturated heterocycles. The Kier molecular flexibility index (Phi) is 3.92. The summed E-state index contributed by atoms with van der Waals surface area (Å²) in [5.74, 6) is -0.224. The van der Waals surface area contributed by atoms with Crippen LogP contribution in [0.25, 0.3) is 10.1 Å². The lowest BCUT2D eigenvalue weighted by atomic mass is 10.2. The first-order valence-electron chi connectivity index (χ1n) is 6.37. The summed E-state index contributed by atoms with van der Waals surface area (Å²) in [6.07, 6.45) is 0. The van der Waals surface area contributed by atoms with Crippen LogP contribution in [0.3, 0.4) is 0 Å². The highest BCUT2D eigenvalue weighted by atomic mass is 35.5. The number of carbonyl (C=O) groups is 1. The minimum atomic E-state index is -0.224. The van der Waals surface area contributed by atoms with E-state index in [9.17, 15) is 4.79 Å². The maximum Gasteiger partial charge on any atom is 0.267 e. The maximum absolute atomic E-state index is 12.3. The predicted molar refractivity (Wildman–Crippen MR) is 87.2 cm³/mol. The average Bonchev–Trinajstić information content (AvgIpc) is 2.86. The van der Waals surface area contributed by atoms with E-state index in [1.807, 2.05) is 24.3 Å². The third-order valence-corrected chi connectivity index (χ3v) is 4.81. The van der Waals surface area contributed by atoms with Crippen molar-refractivity contribution in [2.45, 2.75) is 6.61 Å². The summed E-state index contributed by atoms with van der Waals surface area (Å²) >= 11 is 7.66. The van der Waals surface area contributed by atoms with Gasteiger partial charge in [-0.1, -0.05) is 41.9 Å². The van der Waals surface area contributed by atoms with Gasteiger partial charge in [-0.25, -0.2) is 0 Å². The van der Waals surface area contributed by atoms with Crippen LogP contribution in [0.5, 0.6) is 0 Å². The molecule has 0 fully saturated rings. The number of thiophene rings is 1. The molecule has 3 rings (SSSR count). The monoisotopic (exact) mass is 317 g/mol. The molecule has 1 aromatic heterocycles. The van der Waals surface area contributed by atoms with Crippen molar-refractivity contribution in [2.24, 2.45) is 0 Å². The second-order valence-electron chi connectivity index (χ2n) is 4.55. The molecular weight excluding hydrogens is 306 g/mol. The number of carbonyl (C=O) groups excluding carboxylic acids is 1. The number of rotatable bonds is 3. The Morgan fingerprint density at radius 3 is 2.52 bits per heavy atom. The molecule has 21 heavy (non-hydrogen) atoms. The fourth-order valence-corrected chi connectivity index (χ4v) is 3.45. The third-order valence-electron chi connectivity index (χ3n) is 3.14. The number of fused-ring (bicyclic) bond motifs is 1. The lowest BCUT2D eigenvalue weighted by molar-refractivity contribution is 0.103. The standard InChI is InChI=1S/C16H12ClNO2S/c17-14-12-3-1-2-4-13(12)21-15(14)16(20)18-11-7-5-10(9-19)6-8-11/h1-8,19H,9H2,(H,18,20). The average molecular weight is 318 g/mol. The summed E-state index contributed by atoms with van der Waals surface area (Å²) in [6.45, 7) is -0.0175. The summed E-state index contributed by atoms with van der Waals surface area (Å²) in [5, 5.41) is 13.2. The highest BCUT2D eigenvalue weighted by molar-refractivity contribution is 7.21. The van der Waals surface area contributed by atoms with Crippen LogP contribution in [0.2, 0.25) is 5.02 Å².